The summed E-state index contributed by atoms with van der Waals surface area (Å²) in [4.78, 5) is 14.3. The molecule has 0 aliphatic rings. The van der Waals surface area contributed by atoms with Crippen molar-refractivity contribution in [2.75, 3.05) is 0 Å². The molecule has 1 atom stereocenters. The molecular formula is C9H10Cl2CuN2O3. The largest absolute Gasteiger partial charge is 2.00 e. The summed E-state index contributed by atoms with van der Waals surface area (Å²) in [6, 6.07) is 4.99. The molecule has 0 aliphatic carbocycles. The van der Waals surface area contributed by atoms with E-state index in [1.807, 2.05) is 0 Å². The maximum Gasteiger partial charge on any atom is 2.00 e. The standard InChI is InChI=1S/C9H10N2O3.2ClH.Cu/c1-6(9(12)13)14-8(10)7-4-2-3-5-11-7;;;/h2-6,10H,1H3,(H,12,13);2*1H;/q;;;+2/p-2. The summed E-state index contributed by atoms with van der Waals surface area (Å²) in [5, 5.41) is 15.9. The number of ether oxygens (including phenoxy) is 1. The predicted molar refractivity (Wildman–Crippen MR) is 49.2 cm³/mol. The first kappa shape index (κ1) is 21.5. The van der Waals surface area contributed by atoms with Gasteiger partial charge in [0.1, 0.15) is 5.69 Å². The first-order valence-corrected chi connectivity index (χ1v) is 4.00. The topological polar surface area (TPSA) is 83.3 Å². The van der Waals surface area contributed by atoms with E-state index in [9.17, 15) is 4.79 Å². The molecule has 0 amide bonds. The zero-order valence-corrected chi connectivity index (χ0v) is 11.1. The Morgan fingerprint density at radius 3 is 2.47 bits per heavy atom. The van der Waals surface area contributed by atoms with Crippen molar-refractivity contribution >= 4 is 11.9 Å². The van der Waals surface area contributed by atoms with Crippen molar-refractivity contribution in [2.45, 2.75) is 13.0 Å². The third-order valence-corrected chi connectivity index (χ3v) is 1.54. The first-order chi connectivity index (χ1) is 6.61. The molecule has 17 heavy (non-hydrogen) atoms. The molecular weight excluding hydrogens is 319 g/mol. The van der Waals surface area contributed by atoms with E-state index in [1.165, 1.54) is 13.1 Å². The Labute approximate surface area is 122 Å². The van der Waals surface area contributed by atoms with Crippen molar-refractivity contribution in [3.63, 3.8) is 0 Å². The van der Waals surface area contributed by atoms with Crippen molar-refractivity contribution in [1.29, 1.82) is 5.41 Å². The summed E-state index contributed by atoms with van der Waals surface area (Å²) in [7, 11) is 0. The summed E-state index contributed by atoms with van der Waals surface area (Å²) in [5.41, 5.74) is 0.320. The first-order valence-electron chi connectivity index (χ1n) is 4.00. The van der Waals surface area contributed by atoms with E-state index in [1.54, 1.807) is 18.2 Å². The summed E-state index contributed by atoms with van der Waals surface area (Å²) >= 11 is 0. The molecule has 1 heterocycles. The van der Waals surface area contributed by atoms with E-state index < -0.39 is 12.1 Å². The maximum atomic E-state index is 10.4. The maximum absolute atomic E-state index is 10.4. The summed E-state index contributed by atoms with van der Waals surface area (Å²) in [6.45, 7) is 1.36. The number of halogens is 2. The molecule has 1 radical (unpaired) electrons. The fourth-order valence-electron chi connectivity index (χ4n) is 0.785. The van der Waals surface area contributed by atoms with Crippen LogP contribution in [0, 0.1) is 5.41 Å². The minimum absolute atomic E-state index is 0. The van der Waals surface area contributed by atoms with Crippen molar-refractivity contribution in [2.24, 2.45) is 0 Å². The van der Waals surface area contributed by atoms with Crippen LogP contribution in [0.4, 0.5) is 0 Å². The van der Waals surface area contributed by atoms with Crippen molar-refractivity contribution in [3.8, 4) is 0 Å². The van der Waals surface area contributed by atoms with Gasteiger partial charge in [0.2, 0.25) is 5.90 Å². The number of aromatic nitrogens is 1. The van der Waals surface area contributed by atoms with Gasteiger partial charge in [-0.25, -0.2) is 4.79 Å². The zero-order valence-electron chi connectivity index (χ0n) is 8.66. The minimum Gasteiger partial charge on any atom is -1.00 e. The van der Waals surface area contributed by atoms with Gasteiger partial charge in [0.25, 0.3) is 0 Å². The number of pyridine rings is 1. The van der Waals surface area contributed by atoms with Crippen LogP contribution >= 0.6 is 0 Å². The van der Waals surface area contributed by atoms with Gasteiger partial charge in [-0.15, -0.1) is 0 Å². The Morgan fingerprint density at radius 1 is 1.47 bits per heavy atom. The number of hydrogen-bond acceptors (Lipinski definition) is 4. The van der Waals surface area contributed by atoms with Crippen molar-refractivity contribution in [3.05, 3.63) is 30.1 Å². The van der Waals surface area contributed by atoms with Gasteiger partial charge in [-0.3, -0.25) is 10.4 Å². The number of carbonyl (C=O) groups is 1. The number of aliphatic carboxylic acids is 1. The monoisotopic (exact) mass is 327 g/mol. The van der Waals surface area contributed by atoms with Crippen molar-refractivity contribution < 1.29 is 56.5 Å². The molecule has 1 aromatic heterocycles. The quantitative estimate of drug-likeness (QED) is 0.330. The third-order valence-electron chi connectivity index (χ3n) is 1.54. The van der Waals surface area contributed by atoms with Crippen LogP contribution in [0.5, 0.6) is 0 Å². The number of rotatable bonds is 3. The van der Waals surface area contributed by atoms with Crippen LogP contribution in [0.3, 0.4) is 0 Å². The van der Waals surface area contributed by atoms with E-state index in [2.05, 4.69) is 4.98 Å². The van der Waals surface area contributed by atoms with Crippen LogP contribution in [0.15, 0.2) is 24.4 Å². The Bertz CT molecular complexity index is 351. The minimum atomic E-state index is -1.11. The second kappa shape index (κ2) is 10.4. The van der Waals surface area contributed by atoms with Crippen LogP contribution < -0.4 is 24.8 Å². The number of carboxylic acid groups (broad SMARTS) is 1. The Balaban J connectivity index is -0.000000653. The van der Waals surface area contributed by atoms with Gasteiger partial charge in [0.05, 0.1) is 0 Å². The number of carboxylic acids is 1. The molecule has 99 valence electrons. The third kappa shape index (κ3) is 7.18. The van der Waals surface area contributed by atoms with Gasteiger partial charge >= 0.3 is 23.0 Å². The average molecular weight is 329 g/mol. The number of nitrogens with zero attached hydrogens (tertiary/aromatic N) is 1. The van der Waals surface area contributed by atoms with Crippen LogP contribution in [0.25, 0.3) is 0 Å². The van der Waals surface area contributed by atoms with Gasteiger partial charge in [-0.1, -0.05) is 6.07 Å². The second-order valence-electron chi connectivity index (χ2n) is 2.64. The summed E-state index contributed by atoms with van der Waals surface area (Å²) in [5.74, 6) is -1.34. The Kier molecular flexibility index (Phi) is 13.1. The van der Waals surface area contributed by atoms with Gasteiger partial charge in [-0.2, -0.15) is 0 Å². The van der Waals surface area contributed by atoms with E-state index in [0.717, 1.165) is 0 Å². The van der Waals surface area contributed by atoms with E-state index in [-0.39, 0.29) is 47.8 Å². The second-order valence-corrected chi connectivity index (χ2v) is 2.64. The number of nitrogens with one attached hydrogen (secondary N) is 1. The molecule has 0 saturated heterocycles. The average Bonchev–Trinajstić information content (AvgIpc) is 2.19. The zero-order chi connectivity index (χ0) is 10.6. The van der Waals surface area contributed by atoms with Crippen LogP contribution in [0.1, 0.15) is 12.6 Å². The smallest absolute Gasteiger partial charge is 1.00 e. The van der Waals surface area contributed by atoms with Crippen LogP contribution in [-0.2, 0) is 26.6 Å². The molecule has 8 heteroatoms. The molecule has 0 bridgehead atoms. The van der Waals surface area contributed by atoms with Gasteiger partial charge in [0, 0.05) is 6.20 Å². The molecule has 0 saturated carbocycles. The molecule has 0 spiro atoms. The normalized spacial score (nSPS) is 9.71. The molecule has 1 rings (SSSR count). The van der Waals surface area contributed by atoms with E-state index in [0.29, 0.717) is 5.69 Å². The number of hydrogen-bond donors (Lipinski definition) is 2. The molecule has 5 nitrogen and oxygen atoms in total. The van der Waals surface area contributed by atoms with Gasteiger partial charge in [0.15, 0.2) is 6.10 Å². The molecule has 0 aromatic carbocycles. The summed E-state index contributed by atoms with van der Waals surface area (Å²) in [6.07, 6.45) is 0.475. The van der Waals surface area contributed by atoms with E-state index >= 15 is 0 Å². The molecule has 2 N–H and O–H groups in total. The van der Waals surface area contributed by atoms with Crippen LogP contribution in [0.2, 0.25) is 0 Å². The molecule has 0 fully saturated rings. The fraction of sp³-hybridized carbons (Fsp3) is 0.222. The molecule has 0 aliphatic heterocycles. The van der Waals surface area contributed by atoms with Crippen molar-refractivity contribution in [1.82, 2.24) is 4.98 Å². The Morgan fingerprint density at radius 2 is 2.06 bits per heavy atom. The van der Waals surface area contributed by atoms with E-state index in [4.69, 9.17) is 15.3 Å². The molecule has 1 unspecified atom stereocenters. The SMILES string of the molecule is CC(OC(=N)c1ccccn1)C(=O)O.[Cl-].[Cl-].[Cu+2]. The fourth-order valence-corrected chi connectivity index (χ4v) is 0.785. The van der Waals surface area contributed by atoms with Crippen LogP contribution in [-0.4, -0.2) is 28.1 Å². The molecule has 1 aromatic rings. The Hall–Kier alpha value is -0.811. The van der Waals surface area contributed by atoms with Gasteiger partial charge < -0.3 is 34.7 Å². The summed E-state index contributed by atoms with van der Waals surface area (Å²) < 4.78 is 4.82. The predicted octanol–water partition coefficient (Wildman–Crippen LogP) is -5.10. The van der Waals surface area contributed by atoms with Gasteiger partial charge in [-0.05, 0) is 19.1 Å².